The van der Waals surface area contributed by atoms with Crippen LogP contribution in [0, 0.1) is 23.2 Å². The van der Waals surface area contributed by atoms with Crippen molar-refractivity contribution in [2.24, 2.45) is 23.2 Å². The smallest absolute Gasteiger partial charge is 0.324 e. The fourth-order valence-electron chi connectivity index (χ4n) is 10.9. The van der Waals surface area contributed by atoms with Gasteiger partial charge in [0.05, 0.1) is 43.0 Å². The number of methoxy groups -OCH3 is 1. The van der Waals surface area contributed by atoms with E-state index in [0.29, 0.717) is 55.9 Å². The number of piperidine rings is 1. The van der Waals surface area contributed by atoms with Gasteiger partial charge in [0.1, 0.15) is 23.2 Å². The van der Waals surface area contributed by atoms with E-state index in [1.807, 2.05) is 12.3 Å². The van der Waals surface area contributed by atoms with Gasteiger partial charge in [-0.1, -0.05) is 33.8 Å². The van der Waals surface area contributed by atoms with Gasteiger partial charge in [0.2, 0.25) is 5.91 Å². The maximum Gasteiger partial charge on any atom is 0.324 e. The van der Waals surface area contributed by atoms with E-state index in [-0.39, 0.29) is 42.3 Å². The zero-order valence-corrected chi connectivity index (χ0v) is 40.2. The van der Waals surface area contributed by atoms with Crippen molar-refractivity contribution in [3.05, 3.63) is 57.7 Å². The number of nitrogens with zero attached hydrogens (tertiary/aromatic N) is 5. The predicted octanol–water partition coefficient (Wildman–Crippen LogP) is 7.22. The number of nitrogens with one attached hydrogen (secondary N) is 2. The second kappa shape index (κ2) is 18.8. The molecule has 15 heteroatoms. The van der Waals surface area contributed by atoms with E-state index in [9.17, 15) is 14.4 Å². The van der Waals surface area contributed by atoms with Crippen molar-refractivity contribution >= 4 is 40.0 Å². The Morgan fingerprint density at radius 3 is 2.68 bits per heavy atom. The van der Waals surface area contributed by atoms with Crippen LogP contribution >= 0.6 is 11.3 Å². The number of aryl methyl sites for hydroxylation is 1. The van der Waals surface area contributed by atoms with Crippen molar-refractivity contribution in [2.75, 3.05) is 53.2 Å². The Kier molecular flexibility index (Phi) is 13.3. The molecule has 350 valence electrons. The van der Waals surface area contributed by atoms with E-state index in [2.05, 4.69) is 92.2 Å². The van der Waals surface area contributed by atoms with Gasteiger partial charge in [0.15, 0.2) is 0 Å². The van der Waals surface area contributed by atoms with Crippen LogP contribution in [0.3, 0.4) is 0 Å². The van der Waals surface area contributed by atoms with Crippen molar-refractivity contribution in [1.82, 2.24) is 35.2 Å². The lowest BCUT2D eigenvalue weighted by molar-refractivity contribution is -0.156. The fraction of sp³-hybridized carbons (Fsp3) is 0.620. The van der Waals surface area contributed by atoms with E-state index in [4.69, 9.17) is 28.9 Å². The molecule has 9 atom stereocenters. The number of esters is 1. The summed E-state index contributed by atoms with van der Waals surface area (Å²) in [4.78, 5) is 55.5. The van der Waals surface area contributed by atoms with Crippen LogP contribution in [-0.2, 0) is 46.3 Å². The third-order valence-corrected chi connectivity index (χ3v) is 15.9. The zero-order chi connectivity index (χ0) is 45.7. The first-order chi connectivity index (χ1) is 31.3. The molecular weight excluding hydrogens is 843 g/mol. The van der Waals surface area contributed by atoms with Crippen LogP contribution in [0.15, 0.2) is 35.8 Å². The Bertz CT molecular complexity index is 2410. The summed E-state index contributed by atoms with van der Waals surface area (Å²) in [7, 11) is 1.74. The Hall–Kier alpha value is -4.25. The molecule has 3 saturated heterocycles. The summed E-state index contributed by atoms with van der Waals surface area (Å²) in [6, 6.07) is 7.50. The van der Waals surface area contributed by atoms with Crippen LogP contribution in [-0.4, -0.2) is 114 Å². The number of morpholine rings is 1. The molecule has 0 spiro atoms. The average molecular weight is 910 g/mol. The van der Waals surface area contributed by atoms with Crippen LogP contribution in [0.25, 0.3) is 33.4 Å². The number of pyridine rings is 1. The molecule has 5 aliphatic rings. The summed E-state index contributed by atoms with van der Waals surface area (Å²) >= 11 is 1.42. The van der Waals surface area contributed by atoms with E-state index >= 15 is 0 Å². The van der Waals surface area contributed by atoms with Crippen LogP contribution in [0.4, 0.5) is 0 Å². The van der Waals surface area contributed by atoms with Crippen LogP contribution in [0.2, 0.25) is 0 Å². The van der Waals surface area contributed by atoms with Crippen molar-refractivity contribution < 1.29 is 33.3 Å². The first-order valence-electron chi connectivity index (χ1n) is 23.9. The number of ether oxygens (including phenoxy) is 4. The van der Waals surface area contributed by atoms with Crippen LogP contribution < -0.4 is 10.7 Å². The number of aromatic nitrogens is 3. The maximum absolute atomic E-state index is 14.6. The largest absolute Gasteiger partial charge is 0.464 e. The lowest BCUT2D eigenvalue weighted by Gasteiger charge is -2.42. The number of cyclic esters (lactones) is 1. The summed E-state index contributed by atoms with van der Waals surface area (Å²) in [6.07, 6.45) is 4.73. The molecule has 0 radical (unpaired) electrons. The normalized spacial score (nSPS) is 28.9. The number of amides is 2. The van der Waals surface area contributed by atoms with Gasteiger partial charge in [-0.3, -0.25) is 29.3 Å². The van der Waals surface area contributed by atoms with Gasteiger partial charge in [-0.25, -0.2) is 10.4 Å². The first kappa shape index (κ1) is 45.9. The minimum atomic E-state index is -1.08. The van der Waals surface area contributed by atoms with E-state index in [1.54, 1.807) is 7.11 Å². The Balaban J connectivity index is 1.18. The third-order valence-electron chi connectivity index (χ3n) is 15.0. The molecule has 4 fully saturated rings. The highest BCUT2D eigenvalue weighted by Crippen LogP contribution is 2.47. The SMILES string of the molecule is CCO[C@@H]1c2nc(cs2)-c2ccc3c(c2)c(c(-c2cc(C4CCN5CCOC[C@@H]5C4)cnc2[C@H](C)OC)n3CC)CC(C)(C)COC(=O)[C@@H]2CCCN(N2)C(=O)[C@H]1NC(=O)[C@H]1[C@H](C)[C@@H]1C. The minimum Gasteiger partial charge on any atom is -0.464 e. The molecule has 2 amide bonds. The monoisotopic (exact) mass is 909 g/mol. The molecule has 1 unspecified atom stereocenters. The summed E-state index contributed by atoms with van der Waals surface area (Å²) in [6.45, 7) is 19.7. The summed E-state index contributed by atoms with van der Waals surface area (Å²) in [5.41, 5.74) is 10.9. The molecule has 1 saturated carbocycles. The molecule has 9 rings (SSSR count). The van der Waals surface area contributed by atoms with E-state index in [1.165, 1.54) is 21.9 Å². The number of rotatable bonds is 9. The van der Waals surface area contributed by atoms with Crippen molar-refractivity contribution in [2.45, 2.75) is 123 Å². The molecule has 4 aromatic rings. The highest BCUT2D eigenvalue weighted by atomic mass is 32.1. The average Bonchev–Trinajstić information content (AvgIpc) is 3.58. The Morgan fingerprint density at radius 2 is 1.92 bits per heavy atom. The number of carbonyl (C=O) groups is 3. The number of hydrazine groups is 1. The molecule has 7 heterocycles. The highest BCUT2D eigenvalue weighted by molar-refractivity contribution is 7.10. The quantitative estimate of drug-likeness (QED) is 0.164. The number of thiazole rings is 1. The van der Waals surface area contributed by atoms with E-state index in [0.717, 1.165) is 83.8 Å². The standard InChI is InChI=1S/C50H67N7O7S/c1-9-56-40-14-13-32-21-35(40)37(44(56)36-22-33(24-51-42(36)30(5)61-8)31-15-17-55-18-19-62-25-34(55)20-31)23-50(6,7)27-64-49(60)38-12-11-16-57(54-38)48(59)43(53-46(58)41-28(3)29(41)4)45(63-10-2)47-52-39(32)26-65-47/h13-14,21-22,24,26,28-31,34,38,41,43,45,54H,9-12,15-20,23,25,27H2,1-8H3,(H,53,58)/t28-,29+,30-,31?,34-,38-,41+,43-,45-/m0/s1. The maximum atomic E-state index is 14.6. The topological polar surface area (TPSA) is 149 Å². The number of hydrogen-bond acceptors (Lipinski definition) is 12. The molecule has 6 bridgehead atoms. The number of benzene rings is 1. The van der Waals surface area contributed by atoms with Gasteiger partial charge in [-0.2, -0.15) is 0 Å². The molecule has 65 heavy (non-hydrogen) atoms. The van der Waals surface area contributed by atoms with Gasteiger partial charge >= 0.3 is 5.97 Å². The molecular formula is C50H67N7O7S. The highest BCUT2D eigenvalue weighted by Gasteiger charge is 2.50. The number of carbonyl (C=O) groups excluding carboxylic acids is 3. The van der Waals surface area contributed by atoms with Gasteiger partial charge in [0, 0.05) is 84.3 Å². The lowest BCUT2D eigenvalue weighted by Crippen LogP contribution is -2.61. The molecule has 1 aliphatic carbocycles. The number of hydrogen-bond donors (Lipinski definition) is 2. The minimum absolute atomic E-state index is 0.163. The van der Waals surface area contributed by atoms with Gasteiger partial charge in [0.25, 0.3) is 5.91 Å². The van der Waals surface area contributed by atoms with Crippen molar-refractivity contribution in [1.29, 1.82) is 0 Å². The van der Waals surface area contributed by atoms with Crippen LogP contribution in [0.5, 0.6) is 0 Å². The van der Waals surface area contributed by atoms with Gasteiger partial charge in [-0.05, 0) is 106 Å². The van der Waals surface area contributed by atoms with E-state index < -0.39 is 29.6 Å². The van der Waals surface area contributed by atoms with Crippen molar-refractivity contribution in [3.8, 4) is 22.5 Å². The molecule has 1 aromatic carbocycles. The van der Waals surface area contributed by atoms with Crippen LogP contribution in [0.1, 0.15) is 114 Å². The second-order valence-corrected chi connectivity index (χ2v) is 20.7. The summed E-state index contributed by atoms with van der Waals surface area (Å²) in [5, 5.41) is 8.27. The summed E-state index contributed by atoms with van der Waals surface area (Å²) < 4.78 is 27.0. The molecule has 3 aromatic heterocycles. The fourth-order valence-corrected chi connectivity index (χ4v) is 11.8. The molecule has 2 N–H and O–H groups in total. The van der Waals surface area contributed by atoms with Gasteiger partial charge < -0.3 is 28.8 Å². The predicted molar refractivity (Wildman–Crippen MR) is 250 cm³/mol. The molecule has 14 nitrogen and oxygen atoms in total. The van der Waals surface area contributed by atoms with Gasteiger partial charge in [-0.15, -0.1) is 11.3 Å². The lowest BCUT2D eigenvalue weighted by atomic mass is 9.82. The first-order valence-corrected chi connectivity index (χ1v) is 24.8. The zero-order valence-electron chi connectivity index (χ0n) is 39.4. The third kappa shape index (κ3) is 9.01. The Labute approximate surface area is 387 Å². The number of fused-ring (bicyclic) bond motifs is 7. The molecule has 4 aliphatic heterocycles. The second-order valence-electron chi connectivity index (χ2n) is 19.8. The Morgan fingerprint density at radius 1 is 1.11 bits per heavy atom. The summed E-state index contributed by atoms with van der Waals surface area (Å²) in [5.74, 6) is -0.377. The van der Waals surface area contributed by atoms with Crippen molar-refractivity contribution in [3.63, 3.8) is 0 Å².